The van der Waals surface area contributed by atoms with Gasteiger partial charge in [0.25, 0.3) is 11.4 Å². The maximum atomic E-state index is 12.8. The van der Waals surface area contributed by atoms with Gasteiger partial charge in [0, 0.05) is 35.4 Å². The monoisotopic (exact) mass is 818 g/mol. The normalized spacial score (nSPS) is 12.0. The summed E-state index contributed by atoms with van der Waals surface area (Å²) in [5, 5.41) is 58.9. The van der Waals surface area contributed by atoms with E-state index in [1.54, 1.807) is 0 Å². The Morgan fingerprint density at radius 2 is 0.912 bits per heavy atom. The number of nitro groups is 2. The van der Waals surface area contributed by atoms with Crippen molar-refractivity contribution >= 4 is 35.6 Å². The summed E-state index contributed by atoms with van der Waals surface area (Å²) in [5.41, 5.74) is -1.38. The predicted octanol–water partition coefficient (Wildman–Crippen LogP) is 1.96. The summed E-state index contributed by atoms with van der Waals surface area (Å²) in [6, 6.07) is 5.83. The molecule has 24 heteroatoms. The van der Waals surface area contributed by atoms with E-state index in [4.69, 9.17) is 57.6 Å². The molecule has 2 aromatic rings. The highest BCUT2D eigenvalue weighted by Gasteiger charge is 2.27. The second-order valence-electron chi connectivity index (χ2n) is 10.9. The summed E-state index contributed by atoms with van der Waals surface area (Å²) >= 11 is 0. The van der Waals surface area contributed by atoms with E-state index in [-0.39, 0.29) is 102 Å². The summed E-state index contributed by atoms with van der Waals surface area (Å²) in [7, 11) is 0. The number of aliphatic hydroxyl groups excluding tert-OH is 2. The SMILES string of the molecule is O=C(O)Oc1ccc([N+](=O)[O-])cc1C(COC(=O)CC(=O)OCC(OCCOCCOCCO)c1cc([N+](=O)[O-])ccc1OC(=O)O)OCCOCCOCCO. The van der Waals surface area contributed by atoms with Gasteiger partial charge < -0.3 is 67.8 Å². The Kier molecular flexibility index (Phi) is 22.6. The molecule has 0 amide bonds. The highest BCUT2D eigenvalue weighted by molar-refractivity contribution is 5.91. The van der Waals surface area contributed by atoms with Crippen molar-refractivity contribution < 1.29 is 96.8 Å². The van der Waals surface area contributed by atoms with Gasteiger partial charge in [-0.25, -0.2) is 9.59 Å². The minimum atomic E-state index is -1.76. The average Bonchev–Trinajstić information content (AvgIpc) is 3.16. The fourth-order valence-electron chi connectivity index (χ4n) is 4.46. The lowest BCUT2D eigenvalue weighted by Crippen LogP contribution is -2.23. The predicted molar refractivity (Wildman–Crippen MR) is 185 cm³/mol. The van der Waals surface area contributed by atoms with Crippen LogP contribution in [0.1, 0.15) is 29.8 Å². The van der Waals surface area contributed by atoms with Gasteiger partial charge in [-0.1, -0.05) is 0 Å². The number of carboxylic acid groups (broad SMARTS) is 2. The summed E-state index contributed by atoms with van der Waals surface area (Å²) in [6.07, 6.45) is -7.35. The minimum absolute atomic E-state index is 0.0680. The third kappa shape index (κ3) is 19.2. The topological polar surface area (TPSA) is 328 Å². The number of benzene rings is 2. The molecule has 0 aliphatic rings. The third-order valence-electron chi connectivity index (χ3n) is 6.89. The zero-order chi connectivity index (χ0) is 42.0. The number of carbonyl (C=O) groups excluding carboxylic acids is 2. The van der Waals surface area contributed by atoms with E-state index in [2.05, 4.69) is 0 Å². The van der Waals surface area contributed by atoms with Crippen LogP contribution >= 0.6 is 0 Å². The van der Waals surface area contributed by atoms with Gasteiger partial charge in [-0.05, 0) is 12.1 Å². The second kappa shape index (κ2) is 27.1. The molecule has 0 bridgehead atoms. The average molecular weight is 819 g/mol. The first-order valence-corrected chi connectivity index (χ1v) is 16.8. The van der Waals surface area contributed by atoms with Crippen molar-refractivity contribution in [2.24, 2.45) is 0 Å². The Labute approximate surface area is 322 Å². The van der Waals surface area contributed by atoms with Crippen molar-refractivity contribution in [3.63, 3.8) is 0 Å². The van der Waals surface area contributed by atoms with Crippen LogP contribution in [-0.2, 0) is 47.5 Å². The van der Waals surface area contributed by atoms with Crippen molar-refractivity contribution in [1.29, 1.82) is 0 Å². The molecular formula is C33H42N2O22. The van der Waals surface area contributed by atoms with Gasteiger partial charge in [-0.3, -0.25) is 29.8 Å². The largest absolute Gasteiger partial charge is 0.511 e. The fraction of sp³-hybridized carbons (Fsp3) is 0.515. The number of nitrogens with zero attached hydrogens (tertiary/aromatic N) is 2. The molecule has 24 nitrogen and oxygen atoms in total. The number of hydrogen-bond donors (Lipinski definition) is 4. The molecule has 0 aromatic heterocycles. The van der Waals surface area contributed by atoms with Gasteiger partial charge in [0.15, 0.2) is 0 Å². The molecule has 57 heavy (non-hydrogen) atoms. The van der Waals surface area contributed by atoms with Crippen LogP contribution in [0.4, 0.5) is 21.0 Å². The number of rotatable bonds is 30. The molecular weight excluding hydrogens is 776 g/mol. The highest BCUT2D eigenvalue weighted by Crippen LogP contribution is 2.34. The lowest BCUT2D eigenvalue weighted by Gasteiger charge is -2.21. The number of ether oxygens (including phenoxy) is 10. The van der Waals surface area contributed by atoms with Crippen LogP contribution in [0.2, 0.25) is 0 Å². The van der Waals surface area contributed by atoms with E-state index >= 15 is 0 Å². The maximum Gasteiger partial charge on any atom is 0.511 e. The first-order chi connectivity index (χ1) is 27.4. The van der Waals surface area contributed by atoms with E-state index in [1.165, 1.54) is 0 Å². The number of hydrogen-bond acceptors (Lipinski definition) is 20. The fourth-order valence-corrected chi connectivity index (χ4v) is 4.46. The molecule has 0 aliphatic carbocycles. The molecule has 0 aliphatic heterocycles. The van der Waals surface area contributed by atoms with Gasteiger partial charge in [0.05, 0.1) is 89.1 Å². The number of aliphatic hydroxyl groups is 2. The Balaban J connectivity index is 2.17. The lowest BCUT2D eigenvalue weighted by molar-refractivity contribution is -0.385. The minimum Gasteiger partial charge on any atom is -0.462 e. The van der Waals surface area contributed by atoms with Crippen LogP contribution in [0.3, 0.4) is 0 Å². The molecule has 0 heterocycles. The molecule has 0 saturated heterocycles. The first-order valence-electron chi connectivity index (χ1n) is 16.8. The quantitative estimate of drug-likeness (QED) is 0.0218. The lowest BCUT2D eigenvalue weighted by atomic mass is 10.1. The zero-order valence-corrected chi connectivity index (χ0v) is 30.3. The summed E-state index contributed by atoms with van der Waals surface area (Å²) < 4.78 is 52.1. The first kappa shape index (κ1) is 47.6. The molecule has 2 aromatic carbocycles. The Morgan fingerprint density at radius 3 is 1.25 bits per heavy atom. The van der Waals surface area contributed by atoms with Crippen molar-refractivity contribution in [2.75, 3.05) is 92.5 Å². The van der Waals surface area contributed by atoms with Crippen LogP contribution in [0, 0.1) is 20.2 Å². The Bertz CT molecular complexity index is 1490. The van der Waals surface area contributed by atoms with E-state index in [0.29, 0.717) is 0 Å². The third-order valence-corrected chi connectivity index (χ3v) is 6.89. The van der Waals surface area contributed by atoms with Crippen LogP contribution in [0.25, 0.3) is 0 Å². The van der Waals surface area contributed by atoms with Crippen molar-refractivity contribution in [1.82, 2.24) is 0 Å². The summed E-state index contributed by atoms with van der Waals surface area (Å²) in [4.78, 5) is 69.6. The maximum absolute atomic E-state index is 12.8. The van der Waals surface area contributed by atoms with Crippen molar-refractivity contribution in [3.05, 3.63) is 67.8 Å². The number of carbonyl (C=O) groups is 4. The smallest absolute Gasteiger partial charge is 0.462 e. The number of esters is 2. The van der Waals surface area contributed by atoms with Gasteiger partial charge >= 0.3 is 24.2 Å². The van der Waals surface area contributed by atoms with E-state index in [9.17, 15) is 49.6 Å². The number of non-ortho nitro benzene ring substituents is 2. The molecule has 4 N–H and O–H groups in total. The van der Waals surface area contributed by atoms with Crippen LogP contribution in [-0.4, -0.2) is 147 Å². The second-order valence-corrected chi connectivity index (χ2v) is 10.9. The summed E-state index contributed by atoms with van der Waals surface area (Å²) in [6.45, 7) is -1.70. The molecule has 316 valence electrons. The molecule has 0 spiro atoms. The molecule has 2 rings (SSSR count). The van der Waals surface area contributed by atoms with Crippen molar-refractivity contribution in [2.45, 2.75) is 18.6 Å². The Hall–Kier alpha value is -5.60. The van der Waals surface area contributed by atoms with Gasteiger partial charge in [0.1, 0.15) is 43.3 Å². The van der Waals surface area contributed by atoms with E-state index < -0.39 is 77.3 Å². The molecule has 0 saturated carbocycles. The van der Waals surface area contributed by atoms with Gasteiger partial charge in [-0.2, -0.15) is 0 Å². The van der Waals surface area contributed by atoms with Crippen LogP contribution in [0.15, 0.2) is 36.4 Å². The van der Waals surface area contributed by atoms with Crippen LogP contribution < -0.4 is 9.47 Å². The number of nitro benzene ring substituents is 2. The standard InChI is InChI=1S/C33H42N2O22/c36-5-7-48-9-11-50-13-15-52-28(24-17-22(34(44)45)1-3-26(24)56-32(40)41)20-54-30(38)19-31(39)55-21-29(53-16-14-51-12-10-49-8-6-37)25-18-23(35(46)47)2-4-27(25)57-33(42)43/h1-4,17-18,28-29,36-37H,5-16,19-21H2,(H,40,41)(H,42,43). The molecule has 2 unspecified atom stereocenters. The van der Waals surface area contributed by atoms with Gasteiger partial charge in [0.2, 0.25) is 0 Å². The Morgan fingerprint density at radius 1 is 0.561 bits per heavy atom. The van der Waals surface area contributed by atoms with Gasteiger partial charge in [-0.15, -0.1) is 0 Å². The molecule has 0 fully saturated rings. The molecule has 2 atom stereocenters. The highest BCUT2D eigenvalue weighted by atomic mass is 16.7. The molecule has 0 radical (unpaired) electrons. The van der Waals surface area contributed by atoms with Crippen molar-refractivity contribution in [3.8, 4) is 11.5 Å². The summed E-state index contributed by atoms with van der Waals surface area (Å²) in [5.74, 6) is -3.16. The zero-order valence-electron chi connectivity index (χ0n) is 30.3. The van der Waals surface area contributed by atoms with E-state index in [0.717, 1.165) is 36.4 Å². The van der Waals surface area contributed by atoms with E-state index in [1.807, 2.05) is 0 Å². The van der Waals surface area contributed by atoms with Crippen LogP contribution in [0.5, 0.6) is 11.5 Å².